The minimum absolute atomic E-state index is 0.0509. The van der Waals surface area contributed by atoms with Crippen molar-refractivity contribution in [1.29, 1.82) is 5.26 Å². The van der Waals surface area contributed by atoms with Crippen LogP contribution in [0.1, 0.15) is 36.4 Å². The zero-order chi connectivity index (χ0) is 22.4. The molecular formula is C25H26N4O2. The molecule has 0 atom stereocenters. The fourth-order valence-corrected chi connectivity index (χ4v) is 3.40. The second-order valence-electron chi connectivity index (χ2n) is 7.92. The van der Waals surface area contributed by atoms with Crippen LogP contribution in [0.25, 0.3) is 11.3 Å². The van der Waals surface area contributed by atoms with Crippen molar-refractivity contribution < 1.29 is 4.79 Å². The molecule has 1 aromatic heterocycles. The molecule has 1 N–H and O–H groups in total. The van der Waals surface area contributed by atoms with Crippen molar-refractivity contribution in [1.82, 2.24) is 14.9 Å². The average Bonchev–Trinajstić information content (AvgIpc) is 2.77. The molecule has 0 spiro atoms. The fourth-order valence-electron chi connectivity index (χ4n) is 3.40. The van der Waals surface area contributed by atoms with E-state index in [0.29, 0.717) is 35.7 Å². The molecule has 0 bridgehead atoms. The number of nitrogens with zero attached hydrogens (tertiary/aromatic N) is 3. The van der Waals surface area contributed by atoms with Gasteiger partial charge in [-0.2, -0.15) is 5.26 Å². The monoisotopic (exact) mass is 414 g/mol. The first kappa shape index (κ1) is 22.0. The Morgan fingerprint density at radius 3 is 2.42 bits per heavy atom. The summed E-state index contributed by atoms with van der Waals surface area (Å²) >= 11 is 0. The average molecular weight is 415 g/mol. The SMILES string of the molecule is Cc1nc(-c2ccccc2)c(CC(=O)NCc2ccc(C#N)cc2)c(=O)n1CC(C)C. The third-order valence-corrected chi connectivity index (χ3v) is 4.96. The molecule has 0 aliphatic heterocycles. The quantitative estimate of drug-likeness (QED) is 0.640. The van der Waals surface area contributed by atoms with Crippen LogP contribution in [0.4, 0.5) is 0 Å². The Morgan fingerprint density at radius 2 is 1.81 bits per heavy atom. The third kappa shape index (κ3) is 5.46. The number of nitriles is 1. The molecule has 31 heavy (non-hydrogen) atoms. The maximum Gasteiger partial charge on any atom is 0.257 e. The first-order chi connectivity index (χ1) is 14.9. The lowest BCUT2D eigenvalue weighted by Crippen LogP contribution is -2.33. The van der Waals surface area contributed by atoms with Crippen molar-refractivity contribution in [3.8, 4) is 17.3 Å². The number of benzene rings is 2. The van der Waals surface area contributed by atoms with Crippen LogP contribution in [0.15, 0.2) is 59.4 Å². The van der Waals surface area contributed by atoms with Gasteiger partial charge in [-0.1, -0.05) is 56.3 Å². The van der Waals surface area contributed by atoms with Crippen LogP contribution in [0.3, 0.4) is 0 Å². The second-order valence-corrected chi connectivity index (χ2v) is 7.92. The first-order valence-corrected chi connectivity index (χ1v) is 10.3. The first-order valence-electron chi connectivity index (χ1n) is 10.3. The Balaban J connectivity index is 1.89. The van der Waals surface area contributed by atoms with E-state index in [-0.39, 0.29) is 23.8 Å². The van der Waals surface area contributed by atoms with Gasteiger partial charge in [0.1, 0.15) is 5.82 Å². The highest BCUT2D eigenvalue weighted by Gasteiger charge is 2.19. The predicted molar refractivity (Wildman–Crippen MR) is 120 cm³/mol. The van der Waals surface area contributed by atoms with Crippen LogP contribution in [-0.4, -0.2) is 15.5 Å². The molecule has 3 aromatic rings. The normalized spacial score (nSPS) is 10.7. The van der Waals surface area contributed by atoms with E-state index in [1.807, 2.05) is 51.1 Å². The lowest BCUT2D eigenvalue weighted by molar-refractivity contribution is -0.120. The number of amides is 1. The van der Waals surface area contributed by atoms with Crippen LogP contribution < -0.4 is 10.9 Å². The fraction of sp³-hybridized carbons (Fsp3) is 0.280. The van der Waals surface area contributed by atoms with Crippen molar-refractivity contribution in [3.05, 3.63) is 87.5 Å². The van der Waals surface area contributed by atoms with E-state index in [0.717, 1.165) is 11.1 Å². The van der Waals surface area contributed by atoms with E-state index >= 15 is 0 Å². The zero-order valence-electron chi connectivity index (χ0n) is 18.1. The molecule has 1 amide bonds. The Morgan fingerprint density at radius 1 is 1.13 bits per heavy atom. The van der Waals surface area contributed by atoms with E-state index in [2.05, 4.69) is 11.4 Å². The van der Waals surface area contributed by atoms with Gasteiger partial charge in [0.25, 0.3) is 5.56 Å². The van der Waals surface area contributed by atoms with Crippen molar-refractivity contribution in [2.75, 3.05) is 0 Å². The summed E-state index contributed by atoms with van der Waals surface area (Å²) in [6.45, 7) is 6.78. The van der Waals surface area contributed by atoms with Gasteiger partial charge < -0.3 is 5.32 Å². The van der Waals surface area contributed by atoms with Gasteiger partial charge in [-0.25, -0.2) is 4.98 Å². The van der Waals surface area contributed by atoms with Gasteiger partial charge in [-0.05, 0) is 30.5 Å². The molecule has 0 saturated carbocycles. The molecule has 0 aliphatic rings. The van der Waals surface area contributed by atoms with E-state index in [9.17, 15) is 9.59 Å². The van der Waals surface area contributed by atoms with Crippen LogP contribution in [-0.2, 0) is 24.3 Å². The molecule has 6 nitrogen and oxygen atoms in total. The topological polar surface area (TPSA) is 87.8 Å². The van der Waals surface area contributed by atoms with E-state index < -0.39 is 0 Å². The minimum Gasteiger partial charge on any atom is -0.352 e. The molecule has 0 fully saturated rings. The van der Waals surface area contributed by atoms with Crippen LogP contribution >= 0.6 is 0 Å². The lowest BCUT2D eigenvalue weighted by Gasteiger charge is -2.17. The van der Waals surface area contributed by atoms with Gasteiger partial charge in [-0.15, -0.1) is 0 Å². The molecule has 0 radical (unpaired) electrons. The summed E-state index contributed by atoms with van der Waals surface area (Å²) in [6.07, 6.45) is -0.0509. The number of carbonyl (C=O) groups excluding carboxylic acids is 1. The molecular weight excluding hydrogens is 388 g/mol. The van der Waals surface area contributed by atoms with Crippen molar-refractivity contribution >= 4 is 5.91 Å². The maximum absolute atomic E-state index is 13.3. The number of hydrogen-bond donors (Lipinski definition) is 1. The van der Waals surface area contributed by atoms with Gasteiger partial charge in [-0.3, -0.25) is 14.2 Å². The van der Waals surface area contributed by atoms with Crippen molar-refractivity contribution in [3.63, 3.8) is 0 Å². The van der Waals surface area contributed by atoms with E-state index in [1.54, 1.807) is 28.8 Å². The second kappa shape index (κ2) is 9.86. The third-order valence-electron chi connectivity index (χ3n) is 4.96. The summed E-state index contributed by atoms with van der Waals surface area (Å²) in [5.74, 6) is 0.665. The van der Waals surface area contributed by atoms with Crippen molar-refractivity contribution in [2.45, 2.75) is 40.3 Å². The smallest absolute Gasteiger partial charge is 0.257 e. The number of carbonyl (C=O) groups is 1. The highest BCUT2D eigenvalue weighted by Crippen LogP contribution is 2.20. The molecule has 0 aliphatic carbocycles. The molecule has 3 rings (SSSR count). The number of hydrogen-bond acceptors (Lipinski definition) is 4. The lowest BCUT2D eigenvalue weighted by atomic mass is 10.0. The van der Waals surface area contributed by atoms with E-state index in [4.69, 9.17) is 10.2 Å². The Labute approximate surface area is 182 Å². The highest BCUT2D eigenvalue weighted by molar-refractivity contribution is 5.81. The summed E-state index contributed by atoms with van der Waals surface area (Å²) in [7, 11) is 0. The number of rotatable bonds is 7. The largest absolute Gasteiger partial charge is 0.352 e. The van der Waals surface area contributed by atoms with Crippen molar-refractivity contribution in [2.24, 2.45) is 5.92 Å². The van der Waals surface area contributed by atoms with Gasteiger partial charge in [0.2, 0.25) is 5.91 Å². The predicted octanol–water partition coefficient (Wildman–Crippen LogP) is 3.61. The highest BCUT2D eigenvalue weighted by atomic mass is 16.2. The van der Waals surface area contributed by atoms with Gasteiger partial charge in [0, 0.05) is 18.7 Å². The Bertz CT molecular complexity index is 1160. The number of aromatic nitrogens is 2. The zero-order valence-corrected chi connectivity index (χ0v) is 18.1. The molecule has 158 valence electrons. The minimum atomic E-state index is -0.250. The summed E-state index contributed by atoms with van der Waals surface area (Å²) < 4.78 is 1.65. The molecule has 0 saturated heterocycles. The standard InChI is InChI=1S/C25H26N4O2/c1-17(2)16-29-18(3)28-24(21-7-5-4-6-8-21)22(25(29)31)13-23(30)27-15-20-11-9-19(14-26)10-12-20/h4-12,17H,13,15-16H2,1-3H3,(H,27,30). The molecule has 6 heteroatoms. The summed E-state index contributed by atoms with van der Waals surface area (Å²) in [4.78, 5) is 30.7. The summed E-state index contributed by atoms with van der Waals surface area (Å²) in [6, 6.07) is 18.6. The van der Waals surface area contributed by atoms with Crippen LogP contribution in [0.2, 0.25) is 0 Å². The molecule has 1 heterocycles. The summed E-state index contributed by atoms with van der Waals surface area (Å²) in [5, 5.41) is 11.8. The molecule has 2 aromatic carbocycles. The van der Waals surface area contributed by atoms with Gasteiger partial charge >= 0.3 is 0 Å². The maximum atomic E-state index is 13.3. The van der Waals surface area contributed by atoms with Crippen LogP contribution in [0.5, 0.6) is 0 Å². The Hall–Kier alpha value is -3.72. The summed E-state index contributed by atoms with van der Waals surface area (Å²) in [5.41, 5.74) is 3.04. The van der Waals surface area contributed by atoms with E-state index in [1.165, 1.54) is 0 Å². The van der Waals surface area contributed by atoms with Gasteiger partial charge in [0.15, 0.2) is 0 Å². The number of aryl methyl sites for hydroxylation is 1. The van der Waals surface area contributed by atoms with Crippen LogP contribution in [0, 0.1) is 24.2 Å². The molecule has 0 unspecified atom stereocenters. The number of nitrogens with one attached hydrogen (secondary N) is 1. The van der Waals surface area contributed by atoms with Gasteiger partial charge in [0.05, 0.1) is 29.3 Å². The Kier molecular flexibility index (Phi) is 6.99.